The van der Waals surface area contributed by atoms with Gasteiger partial charge in [-0.3, -0.25) is 0 Å². The van der Waals surface area contributed by atoms with E-state index < -0.39 is 0 Å². The first kappa shape index (κ1) is 14.1. The van der Waals surface area contributed by atoms with Crippen LogP contribution in [0.25, 0.3) is 0 Å². The normalized spacial score (nSPS) is 13.0. The third-order valence-corrected chi connectivity index (χ3v) is 2.56. The third kappa shape index (κ3) is 5.29. The highest BCUT2D eigenvalue weighted by Gasteiger charge is 2.11. The molecule has 0 aliphatic rings. The molecule has 1 unspecified atom stereocenters. The number of halogens is 1. The van der Waals surface area contributed by atoms with Crippen molar-refractivity contribution in [2.75, 3.05) is 13.2 Å². The highest BCUT2D eigenvalue weighted by Crippen LogP contribution is 2.18. The maximum atomic E-state index is 13.2. The molecule has 0 amide bonds. The van der Waals surface area contributed by atoms with E-state index in [1.807, 2.05) is 19.9 Å². The van der Waals surface area contributed by atoms with E-state index in [2.05, 4.69) is 12.2 Å². The second-order valence-electron chi connectivity index (χ2n) is 4.37. The third-order valence-electron chi connectivity index (χ3n) is 2.56. The van der Waals surface area contributed by atoms with E-state index in [1.165, 1.54) is 6.07 Å². The number of benzene rings is 1. The molecule has 1 rings (SSSR count). The Balaban J connectivity index is 2.58. The van der Waals surface area contributed by atoms with Gasteiger partial charge in [0.25, 0.3) is 0 Å². The molecule has 0 saturated carbocycles. The van der Waals surface area contributed by atoms with Crippen molar-refractivity contribution in [3.05, 3.63) is 35.6 Å². The minimum Gasteiger partial charge on any atom is -0.379 e. The molecule has 96 valence electrons. The molecule has 2 nitrogen and oxygen atoms in total. The second kappa shape index (κ2) is 7.41. The molecule has 0 heterocycles. The van der Waals surface area contributed by atoms with Crippen molar-refractivity contribution in [2.45, 2.75) is 39.3 Å². The van der Waals surface area contributed by atoms with Crippen LogP contribution in [0.15, 0.2) is 24.3 Å². The Labute approximate surface area is 103 Å². The number of hydrogen-bond donors (Lipinski definition) is 1. The standard InChI is InChI=1S/C14H22FNO/c1-4-16-14(8-9-17-11(2)3)12-6-5-7-13(15)10-12/h5-7,10-11,14,16H,4,8-9H2,1-3H3. The SMILES string of the molecule is CCNC(CCOC(C)C)c1cccc(F)c1. The Morgan fingerprint density at radius 2 is 2.12 bits per heavy atom. The highest BCUT2D eigenvalue weighted by atomic mass is 19.1. The van der Waals surface area contributed by atoms with Crippen LogP contribution in [0.1, 0.15) is 38.8 Å². The first-order valence-corrected chi connectivity index (χ1v) is 6.24. The lowest BCUT2D eigenvalue weighted by molar-refractivity contribution is 0.0715. The lowest BCUT2D eigenvalue weighted by Gasteiger charge is -2.19. The van der Waals surface area contributed by atoms with Gasteiger partial charge in [-0.1, -0.05) is 19.1 Å². The van der Waals surface area contributed by atoms with Gasteiger partial charge in [-0.15, -0.1) is 0 Å². The summed E-state index contributed by atoms with van der Waals surface area (Å²) in [6.45, 7) is 7.64. The van der Waals surface area contributed by atoms with Gasteiger partial charge < -0.3 is 10.1 Å². The molecule has 1 aromatic carbocycles. The second-order valence-corrected chi connectivity index (χ2v) is 4.37. The van der Waals surface area contributed by atoms with Crippen LogP contribution < -0.4 is 5.32 Å². The monoisotopic (exact) mass is 239 g/mol. The van der Waals surface area contributed by atoms with Crippen LogP contribution >= 0.6 is 0 Å². The van der Waals surface area contributed by atoms with Gasteiger partial charge in [0.05, 0.1) is 6.10 Å². The van der Waals surface area contributed by atoms with Gasteiger partial charge in [0.15, 0.2) is 0 Å². The number of rotatable bonds is 7. The molecular formula is C14H22FNO. The van der Waals surface area contributed by atoms with Crippen LogP contribution in [-0.2, 0) is 4.74 Å². The fourth-order valence-corrected chi connectivity index (χ4v) is 1.78. The van der Waals surface area contributed by atoms with Gasteiger partial charge in [0.1, 0.15) is 5.82 Å². The van der Waals surface area contributed by atoms with E-state index in [9.17, 15) is 4.39 Å². The Bertz CT molecular complexity index is 328. The van der Waals surface area contributed by atoms with Crippen molar-refractivity contribution < 1.29 is 9.13 Å². The van der Waals surface area contributed by atoms with Crippen molar-refractivity contribution >= 4 is 0 Å². The average molecular weight is 239 g/mol. The number of ether oxygens (including phenoxy) is 1. The summed E-state index contributed by atoms with van der Waals surface area (Å²) in [4.78, 5) is 0. The quantitative estimate of drug-likeness (QED) is 0.788. The van der Waals surface area contributed by atoms with E-state index in [0.717, 1.165) is 18.5 Å². The van der Waals surface area contributed by atoms with Crippen molar-refractivity contribution in [1.82, 2.24) is 5.32 Å². The van der Waals surface area contributed by atoms with Crippen LogP contribution in [0.5, 0.6) is 0 Å². The van der Waals surface area contributed by atoms with Crippen molar-refractivity contribution in [1.29, 1.82) is 0 Å². The Hall–Kier alpha value is -0.930. The fraction of sp³-hybridized carbons (Fsp3) is 0.571. The summed E-state index contributed by atoms with van der Waals surface area (Å²) in [7, 11) is 0. The zero-order valence-electron chi connectivity index (χ0n) is 10.9. The summed E-state index contributed by atoms with van der Waals surface area (Å²) in [5, 5.41) is 3.35. The van der Waals surface area contributed by atoms with Crippen LogP contribution in [0.3, 0.4) is 0 Å². The summed E-state index contributed by atoms with van der Waals surface area (Å²) in [6, 6.07) is 6.92. The van der Waals surface area contributed by atoms with Crippen LogP contribution in [0.2, 0.25) is 0 Å². The molecule has 0 aromatic heterocycles. The molecule has 0 spiro atoms. The first-order valence-electron chi connectivity index (χ1n) is 6.24. The van der Waals surface area contributed by atoms with Crippen LogP contribution in [0, 0.1) is 5.82 Å². The van der Waals surface area contributed by atoms with Gasteiger partial charge >= 0.3 is 0 Å². The minimum absolute atomic E-state index is 0.162. The molecule has 0 radical (unpaired) electrons. The van der Waals surface area contributed by atoms with E-state index >= 15 is 0 Å². The predicted molar refractivity (Wildman–Crippen MR) is 68.5 cm³/mol. The predicted octanol–water partition coefficient (Wildman–Crippen LogP) is 3.29. The molecule has 3 heteroatoms. The topological polar surface area (TPSA) is 21.3 Å². The Morgan fingerprint density at radius 3 is 2.71 bits per heavy atom. The summed E-state index contributed by atoms with van der Waals surface area (Å²) in [5.74, 6) is -0.185. The number of hydrogen-bond acceptors (Lipinski definition) is 2. The largest absolute Gasteiger partial charge is 0.379 e. The van der Waals surface area contributed by atoms with E-state index in [0.29, 0.717) is 6.61 Å². The summed E-state index contributed by atoms with van der Waals surface area (Å²) >= 11 is 0. The van der Waals surface area contributed by atoms with Gasteiger partial charge in [-0.25, -0.2) is 4.39 Å². The van der Waals surface area contributed by atoms with E-state index in [1.54, 1.807) is 12.1 Å². The Morgan fingerprint density at radius 1 is 1.35 bits per heavy atom. The molecule has 0 fully saturated rings. The smallest absolute Gasteiger partial charge is 0.123 e. The zero-order chi connectivity index (χ0) is 12.7. The van der Waals surface area contributed by atoms with Crippen LogP contribution in [-0.4, -0.2) is 19.3 Å². The maximum Gasteiger partial charge on any atom is 0.123 e. The van der Waals surface area contributed by atoms with Gasteiger partial charge in [0, 0.05) is 12.6 Å². The summed E-state index contributed by atoms with van der Waals surface area (Å²) < 4.78 is 18.7. The molecular weight excluding hydrogens is 217 g/mol. The average Bonchev–Trinajstić information content (AvgIpc) is 2.27. The van der Waals surface area contributed by atoms with Gasteiger partial charge in [0.2, 0.25) is 0 Å². The van der Waals surface area contributed by atoms with Crippen molar-refractivity contribution in [2.24, 2.45) is 0 Å². The highest BCUT2D eigenvalue weighted by molar-refractivity contribution is 5.20. The van der Waals surface area contributed by atoms with Crippen molar-refractivity contribution in [3.8, 4) is 0 Å². The number of nitrogens with one attached hydrogen (secondary N) is 1. The lowest BCUT2D eigenvalue weighted by atomic mass is 10.0. The summed E-state index contributed by atoms with van der Waals surface area (Å²) in [6.07, 6.45) is 1.10. The molecule has 1 N–H and O–H groups in total. The molecule has 1 aromatic rings. The molecule has 0 bridgehead atoms. The van der Waals surface area contributed by atoms with E-state index in [-0.39, 0.29) is 18.0 Å². The zero-order valence-corrected chi connectivity index (χ0v) is 10.9. The molecule has 17 heavy (non-hydrogen) atoms. The van der Waals surface area contributed by atoms with Crippen LogP contribution in [0.4, 0.5) is 4.39 Å². The van der Waals surface area contributed by atoms with Gasteiger partial charge in [-0.2, -0.15) is 0 Å². The van der Waals surface area contributed by atoms with Crippen molar-refractivity contribution in [3.63, 3.8) is 0 Å². The molecule has 0 aliphatic carbocycles. The lowest BCUT2D eigenvalue weighted by Crippen LogP contribution is -2.23. The fourth-order valence-electron chi connectivity index (χ4n) is 1.78. The molecule has 1 atom stereocenters. The molecule has 0 aliphatic heterocycles. The van der Waals surface area contributed by atoms with E-state index in [4.69, 9.17) is 4.74 Å². The Kier molecular flexibility index (Phi) is 6.16. The first-order chi connectivity index (χ1) is 8.13. The summed E-state index contributed by atoms with van der Waals surface area (Å²) in [5.41, 5.74) is 0.985. The van der Waals surface area contributed by atoms with Gasteiger partial charge in [-0.05, 0) is 44.5 Å². The minimum atomic E-state index is -0.185. The maximum absolute atomic E-state index is 13.2. The molecule has 0 saturated heterocycles.